The zero-order valence-electron chi connectivity index (χ0n) is 14.0. The predicted molar refractivity (Wildman–Crippen MR) is 99.6 cm³/mol. The van der Waals surface area contributed by atoms with Crippen LogP contribution < -0.4 is 9.05 Å². The predicted octanol–water partition coefficient (Wildman–Crippen LogP) is 3.85. The quantitative estimate of drug-likeness (QED) is 0.247. The normalized spacial score (nSPS) is 11.0. The summed E-state index contributed by atoms with van der Waals surface area (Å²) in [5, 5.41) is 21.5. The molecule has 0 atom stereocenters. The Kier molecular flexibility index (Phi) is 7.19. The van der Waals surface area contributed by atoms with E-state index in [0.29, 0.717) is 0 Å². The van der Waals surface area contributed by atoms with Crippen molar-refractivity contribution < 1.29 is 28.2 Å². The Morgan fingerprint density at radius 2 is 1.26 bits per heavy atom. The average Bonchev–Trinajstić information content (AvgIpc) is 2.62. The fourth-order valence-corrected chi connectivity index (χ4v) is 3.76. The summed E-state index contributed by atoms with van der Waals surface area (Å²) in [6, 6.07) is 10.5. The van der Waals surface area contributed by atoms with E-state index in [-0.39, 0.29) is 36.1 Å². The van der Waals surface area contributed by atoms with Crippen molar-refractivity contribution in [3.8, 4) is 11.5 Å². The highest BCUT2D eigenvalue weighted by Crippen LogP contribution is 2.50. The first-order chi connectivity index (χ1) is 12.8. The molecule has 0 fully saturated rings. The van der Waals surface area contributed by atoms with Gasteiger partial charge >= 0.3 is 6.72 Å². The molecule has 0 saturated carbocycles. The first kappa shape index (κ1) is 20.7. The molecule has 0 bridgehead atoms. The van der Waals surface area contributed by atoms with Crippen LogP contribution in [0.5, 0.6) is 11.5 Å². The fourth-order valence-electron chi connectivity index (χ4n) is 1.82. The van der Waals surface area contributed by atoms with Gasteiger partial charge in [0, 0.05) is 43.2 Å². The Balaban J connectivity index is 2.18. The minimum absolute atomic E-state index is 0.0910. The number of benzene rings is 2. The molecule has 0 aromatic heterocycles. The second-order valence-electron chi connectivity index (χ2n) is 4.96. The van der Waals surface area contributed by atoms with Gasteiger partial charge in [0.2, 0.25) is 0 Å². The van der Waals surface area contributed by atoms with Crippen LogP contribution >= 0.6 is 6.72 Å². The number of methoxy groups -OCH3 is 1. The van der Waals surface area contributed by atoms with Gasteiger partial charge in [0.15, 0.2) is 0 Å². The van der Waals surface area contributed by atoms with Gasteiger partial charge in [-0.3, -0.25) is 24.8 Å². The molecule has 0 unspecified atom stereocenters. The van der Waals surface area contributed by atoms with E-state index >= 15 is 0 Å². The number of hydrogen-bond donors (Lipinski definition) is 0. The van der Waals surface area contributed by atoms with E-state index in [1.54, 1.807) is 0 Å². The molecule has 0 spiro atoms. The summed E-state index contributed by atoms with van der Waals surface area (Å²) in [7, 11) is 1.49. The Morgan fingerprint density at radius 1 is 0.852 bits per heavy atom. The molecule has 10 nitrogen and oxygen atoms in total. The summed E-state index contributed by atoms with van der Waals surface area (Å²) in [6.45, 7) is -3.02. The molecular formula is C15H15N2O8PS. The van der Waals surface area contributed by atoms with Gasteiger partial charge in [-0.1, -0.05) is 0 Å². The van der Waals surface area contributed by atoms with Crippen molar-refractivity contribution in [2.24, 2.45) is 0 Å². The number of nitro groups is 2. The monoisotopic (exact) mass is 414 g/mol. The smallest absolute Gasteiger partial charge is 0.416 e. The highest BCUT2D eigenvalue weighted by atomic mass is 32.5. The highest BCUT2D eigenvalue weighted by Gasteiger charge is 2.25. The minimum Gasteiger partial charge on any atom is -0.416 e. The minimum atomic E-state index is -3.36. The van der Waals surface area contributed by atoms with Gasteiger partial charge < -0.3 is 13.8 Å². The summed E-state index contributed by atoms with van der Waals surface area (Å²) < 4.78 is 21.7. The van der Waals surface area contributed by atoms with Crippen molar-refractivity contribution in [1.82, 2.24) is 0 Å². The SMILES string of the molecule is COCCOP(=S)(Oc1ccc([N+](=O)[O-])cc1)Oc1ccc([N+](=O)[O-])cc1. The maximum absolute atomic E-state index is 10.7. The molecule has 0 amide bonds. The van der Waals surface area contributed by atoms with Gasteiger partial charge in [-0.05, 0) is 24.3 Å². The van der Waals surface area contributed by atoms with Crippen LogP contribution in [0.15, 0.2) is 48.5 Å². The lowest BCUT2D eigenvalue weighted by molar-refractivity contribution is -0.385. The Hall–Kier alpha value is -2.59. The van der Waals surface area contributed by atoms with E-state index in [1.165, 1.54) is 55.6 Å². The third kappa shape index (κ3) is 6.26. The Bertz CT molecular complexity index is 780. The summed E-state index contributed by atoms with van der Waals surface area (Å²) in [6.07, 6.45) is 0. The molecule has 27 heavy (non-hydrogen) atoms. The van der Waals surface area contributed by atoms with Crippen molar-refractivity contribution in [2.45, 2.75) is 0 Å². The van der Waals surface area contributed by atoms with Gasteiger partial charge in [-0.2, -0.15) is 0 Å². The fraction of sp³-hybridized carbons (Fsp3) is 0.200. The van der Waals surface area contributed by atoms with Crippen LogP contribution in [0, 0.1) is 20.2 Å². The maximum Gasteiger partial charge on any atom is 0.435 e. The molecule has 0 heterocycles. The first-order valence-corrected chi connectivity index (χ1v) is 10.0. The van der Waals surface area contributed by atoms with E-state index in [4.69, 9.17) is 30.1 Å². The van der Waals surface area contributed by atoms with Crippen molar-refractivity contribution in [3.05, 3.63) is 68.8 Å². The van der Waals surface area contributed by atoms with Crippen LogP contribution in [-0.4, -0.2) is 30.2 Å². The number of rotatable bonds is 10. The summed E-state index contributed by atoms with van der Waals surface area (Å²) in [5.74, 6) is 0.450. The van der Waals surface area contributed by atoms with Gasteiger partial charge in [-0.25, -0.2) is 0 Å². The zero-order chi connectivity index (χ0) is 19.9. The van der Waals surface area contributed by atoms with E-state index in [0.717, 1.165) is 0 Å². The number of nitro benzene ring substituents is 2. The van der Waals surface area contributed by atoms with Crippen molar-refractivity contribution in [2.75, 3.05) is 20.3 Å². The van der Waals surface area contributed by atoms with E-state index in [2.05, 4.69) is 0 Å². The van der Waals surface area contributed by atoms with Crippen molar-refractivity contribution >= 4 is 29.9 Å². The molecular weight excluding hydrogens is 399 g/mol. The number of non-ortho nitro benzene ring substituents is 2. The third-order valence-corrected chi connectivity index (χ3v) is 5.20. The molecule has 0 radical (unpaired) electrons. The van der Waals surface area contributed by atoms with Crippen LogP contribution in [0.1, 0.15) is 0 Å². The van der Waals surface area contributed by atoms with Crippen molar-refractivity contribution in [1.29, 1.82) is 0 Å². The van der Waals surface area contributed by atoms with E-state index in [9.17, 15) is 20.2 Å². The molecule has 0 aliphatic rings. The Labute approximate surface area is 159 Å². The highest BCUT2D eigenvalue weighted by molar-refractivity contribution is 8.07. The molecule has 0 aliphatic heterocycles. The lowest BCUT2D eigenvalue weighted by Crippen LogP contribution is -2.08. The van der Waals surface area contributed by atoms with Gasteiger partial charge in [0.1, 0.15) is 11.5 Å². The van der Waals surface area contributed by atoms with Crippen LogP contribution in [0.4, 0.5) is 11.4 Å². The summed E-state index contributed by atoms with van der Waals surface area (Å²) in [5.41, 5.74) is -0.209. The number of nitrogens with zero attached hydrogens (tertiary/aromatic N) is 2. The molecule has 144 valence electrons. The van der Waals surface area contributed by atoms with Gasteiger partial charge in [0.25, 0.3) is 11.4 Å². The summed E-state index contributed by atoms with van der Waals surface area (Å²) >= 11 is 5.37. The van der Waals surface area contributed by atoms with Crippen LogP contribution in [0.25, 0.3) is 0 Å². The second-order valence-corrected chi connectivity index (χ2v) is 7.82. The third-order valence-electron chi connectivity index (χ3n) is 3.07. The maximum atomic E-state index is 10.7. The number of ether oxygens (including phenoxy) is 1. The topological polar surface area (TPSA) is 123 Å². The molecule has 12 heteroatoms. The van der Waals surface area contributed by atoms with Crippen LogP contribution in [0.2, 0.25) is 0 Å². The van der Waals surface area contributed by atoms with E-state index < -0.39 is 16.6 Å². The van der Waals surface area contributed by atoms with E-state index in [1.807, 2.05) is 0 Å². The zero-order valence-corrected chi connectivity index (χ0v) is 15.8. The molecule has 0 saturated heterocycles. The molecule has 0 N–H and O–H groups in total. The molecule has 0 aliphatic carbocycles. The second kappa shape index (κ2) is 9.38. The number of hydrogen-bond acceptors (Lipinski definition) is 9. The summed E-state index contributed by atoms with van der Waals surface area (Å²) in [4.78, 5) is 20.4. The van der Waals surface area contributed by atoms with Crippen LogP contribution in [0.3, 0.4) is 0 Å². The van der Waals surface area contributed by atoms with Crippen molar-refractivity contribution in [3.63, 3.8) is 0 Å². The molecule has 2 rings (SSSR count). The van der Waals surface area contributed by atoms with Crippen LogP contribution in [-0.2, 0) is 21.1 Å². The van der Waals surface area contributed by atoms with Gasteiger partial charge in [-0.15, -0.1) is 0 Å². The van der Waals surface area contributed by atoms with Gasteiger partial charge in [0.05, 0.1) is 23.1 Å². The molecule has 2 aromatic rings. The first-order valence-electron chi connectivity index (χ1n) is 7.44. The lowest BCUT2D eigenvalue weighted by Gasteiger charge is -2.22. The average molecular weight is 414 g/mol. The lowest BCUT2D eigenvalue weighted by atomic mass is 10.3. The standard InChI is InChI=1S/C15H15N2O8PS/c1-22-10-11-23-26(27,24-14-6-2-12(3-7-14)16(18)19)25-15-8-4-13(5-9-15)17(20)21/h2-9H,10-11H2,1H3. The molecule has 2 aromatic carbocycles. The Morgan fingerprint density at radius 3 is 1.59 bits per heavy atom. The largest absolute Gasteiger partial charge is 0.435 e.